The number of aryl methyl sites for hydroxylation is 6. The molecule has 0 fully saturated rings. The first-order valence-corrected chi connectivity index (χ1v) is 25.2. The van der Waals surface area contributed by atoms with Crippen molar-refractivity contribution in [2.24, 2.45) is 0 Å². The number of nitrogens with zero attached hydrogens (tertiary/aromatic N) is 4. The summed E-state index contributed by atoms with van der Waals surface area (Å²) in [6.45, 7) is 25.9. The molecule has 0 N–H and O–H groups in total. The topological polar surface area (TPSA) is 15.2 Å². The van der Waals surface area contributed by atoms with Crippen LogP contribution in [0.3, 0.4) is 0 Å². The van der Waals surface area contributed by atoms with Crippen LogP contribution < -0.4 is 30.8 Å². The van der Waals surface area contributed by atoms with Crippen molar-refractivity contribution in [3.63, 3.8) is 0 Å². The van der Waals surface area contributed by atoms with Crippen LogP contribution in [0.1, 0.15) is 33.4 Å². The fourth-order valence-electron chi connectivity index (χ4n) is 7.53. The van der Waals surface area contributed by atoms with Crippen LogP contribution >= 0.6 is 25.5 Å². The van der Waals surface area contributed by atoms with Gasteiger partial charge in [-0.15, -0.1) is 0 Å². The van der Waals surface area contributed by atoms with Crippen LogP contribution in [0.4, 0.5) is 22.7 Å². The van der Waals surface area contributed by atoms with Gasteiger partial charge in [-0.25, -0.2) is 9.69 Å². The maximum atomic E-state index is 6.92. The van der Waals surface area contributed by atoms with Crippen LogP contribution in [0.25, 0.3) is 9.69 Å². The number of fused-ring (bicyclic) bond motifs is 1. The Bertz CT molecular complexity index is 2250. The third-order valence-electron chi connectivity index (χ3n) is 10.1. The Balaban J connectivity index is 0.000000239. The van der Waals surface area contributed by atoms with E-state index in [0.29, 0.717) is 0 Å². The number of halogens is 1. The van der Waals surface area contributed by atoms with Gasteiger partial charge in [-0.1, -0.05) is 169 Å². The van der Waals surface area contributed by atoms with E-state index >= 15 is 0 Å². The standard InChI is InChI=1S/C32H28BN2P2.2C10H11N.ClH.Ru/c1-5-15-27(16-6-1)36(28-17-7-2-8-18-28)25-34-31-23-13-14-24-32(31)35(33-34)26-37(29-19-9-3-10-20-29)30-21-11-4-12-22-30;2*1-7-5-8(2)10(11-4)9(3)6-7;;/h1-24H,25-26H2;2*5-6H,1-3H3;1H;/q;;;;+1/p-1. The van der Waals surface area contributed by atoms with Crippen molar-refractivity contribution in [1.29, 1.82) is 0 Å². The van der Waals surface area contributed by atoms with E-state index in [1.54, 1.807) is 0 Å². The predicted molar refractivity (Wildman–Crippen MR) is 265 cm³/mol. The molecule has 1 heterocycles. The summed E-state index contributed by atoms with van der Waals surface area (Å²) in [5.41, 5.74) is 11.0. The average molecular weight is 940 g/mol. The number of para-hydroxylation sites is 2. The molecule has 7 aromatic carbocycles. The molecule has 0 aromatic heterocycles. The van der Waals surface area contributed by atoms with Crippen LogP contribution in [0, 0.1) is 54.7 Å². The molecule has 9 heteroatoms. The van der Waals surface area contributed by atoms with Crippen molar-refractivity contribution in [3.8, 4) is 0 Å². The zero-order valence-electron chi connectivity index (χ0n) is 35.6. The summed E-state index contributed by atoms with van der Waals surface area (Å²) in [6.07, 6.45) is 1.90. The molecule has 0 spiro atoms. The summed E-state index contributed by atoms with van der Waals surface area (Å²) < 4.78 is 0. The minimum atomic E-state index is -0.540. The molecule has 0 amide bonds. The normalized spacial score (nSPS) is 11.1. The van der Waals surface area contributed by atoms with Crippen molar-refractivity contribution in [1.82, 2.24) is 0 Å². The van der Waals surface area contributed by atoms with Crippen LogP contribution in [0.5, 0.6) is 0 Å². The molecule has 0 bridgehead atoms. The number of anilines is 2. The van der Waals surface area contributed by atoms with Crippen LogP contribution in [-0.4, -0.2) is 20.1 Å². The molecular weight excluding hydrogens is 890 g/mol. The Morgan fingerprint density at radius 2 is 0.689 bits per heavy atom. The fraction of sp³-hybridized carbons (Fsp3) is 0.154. The summed E-state index contributed by atoms with van der Waals surface area (Å²) >= 11 is 1.82. The Kier molecular flexibility index (Phi) is 18.4. The van der Waals surface area contributed by atoms with Gasteiger partial charge in [0.05, 0.1) is 13.1 Å². The fourth-order valence-corrected chi connectivity index (χ4v) is 12.0. The molecule has 7 aromatic rings. The zero-order chi connectivity index (χ0) is 43.7. The average Bonchev–Trinajstić information content (AvgIpc) is 3.63. The molecule has 8 rings (SSSR count). The van der Waals surface area contributed by atoms with E-state index in [2.05, 4.69) is 182 Å². The number of rotatable bonds is 8. The van der Waals surface area contributed by atoms with E-state index in [0.717, 1.165) is 46.2 Å². The van der Waals surface area contributed by atoms with Crippen molar-refractivity contribution in [3.05, 3.63) is 226 Å². The van der Waals surface area contributed by atoms with Crippen molar-refractivity contribution >= 4 is 77.1 Å². The third kappa shape index (κ3) is 12.7. The maximum absolute atomic E-state index is 6.92. The van der Waals surface area contributed by atoms with Crippen molar-refractivity contribution < 1.29 is 17.3 Å². The van der Waals surface area contributed by atoms with E-state index in [-0.39, 0.29) is 0 Å². The van der Waals surface area contributed by atoms with Gasteiger partial charge < -0.3 is 9.62 Å². The summed E-state index contributed by atoms with van der Waals surface area (Å²) in [6, 6.07) is 61.0. The zero-order valence-corrected chi connectivity index (χ0v) is 39.9. The minimum absolute atomic E-state index is 0.540. The number of benzene rings is 7. The first-order chi connectivity index (χ1) is 29.7. The molecule has 0 saturated heterocycles. The first kappa shape index (κ1) is 47.0. The van der Waals surface area contributed by atoms with Crippen molar-refractivity contribution in [2.45, 2.75) is 41.5 Å². The SMILES string of the molecule is [B]1N(CP(c2ccccc2)c2ccccc2)c2ccccc2N1CP(c1ccccc1)c1ccccc1.[C-]#[N+]c1c(C)cc(C)cc1C.[C-]#[N+]c1c(C)cc(C)cc1C.[Cl][Ru]. The molecule has 0 atom stereocenters. The quantitative estimate of drug-likeness (QED) is 0.0857. The molecule has 1 aliphatic heterocycles. The van der Waals surface area contributed by atoms with Crippen LogP contribution in [0.2, 0.25) is 0 Å². The van der Waals surface area contributed by atoms with Crippen molar-refractivity contribution in [2.75, 3.05) is 22.2 Å². The van der Waals surface area contributed by atoms with Gasteiger partial charge >= 0.3 is 34.6 Å². The molecule has 1 radical (unpaired) electrons. The Morgan fingerprint density at radius 3 is 0.934 bits per heavy atom. The molecule has 61 heavy (non-hydrogen) atoms. The van der Waals surface area contributed by atoms with Gasteiger partial charge in [-0.3, -0.25) is 0 Å². The summed E-state index contributed by atoms with van der Waals surface area (Å²) in [5.74, 6) is 0. The van der Waals surface area contributed by atoms with Crippen LogP contribution in [0.15, 0.2) is 170 Å². The second-order valence-corrected chi connectivity index (χ2v) is 19.1. The Morgan fingerprint density at radius 1 is 0.443 bits per heavy atom. The van der Waals surface area contributed by atoms with Gasteiger partial charge in [0.25, 0.3) is 0 Å². The molecule has 306 valence electrons. The van der Waals surface area contributed by atoms with E-state index in [1.165, 1.54) is 43.7 Å². The van der Waals surface area contributed by atoms with E-state index in [1.807, 2.05) is 83.1 Å². The van der Waals surface area contributed by atoms with Gasteiger partial charge in [-0.05, 0) is 113 Å². The molecular formula is C52H50BClN4P2Ru. The molecule has 0 aliphatic carbocycles. The molecule has 0 saturated carbocycles. The molecule has 4 nitrogen and oxygen atoms in total. The molecule has 0 unspecified atom stereocenters. The van der Waals surface area contributed by atoms with Gasteiger partial charge in [0.15, 0.2) is 11.4 Å². The monoisotopic (exact) mass is 940 g/mol. The summed E-state index contributed by atoms with van der Waals surface area (Å²) in [5, 5.41) is 5.63. The van der Waals surface area contributed by atoms with Gasteiger partial charge in [0.1, 0.15) is 0 Å². The Labute approximate surface area is 381 Å². The number of hydrogen-bond donors (Lipinski definition) is 0. The van der Waals surface area contributed by atoms with Gasteiger partial charge in [-0.2, -0.15) is 0 Å². The van der Waals surface area contributed by atoms with E-state index in [4.69, 9.17) is 13.1 Å². The predicted octanol–water partition coefficient (Wildman–Crippen LogP) is 13.0. The van der Waals surface area contributed by atoms with Crippen LogP contribution in [-0.2, 0) is 17.3 Å². The second kappa shape index (κ2) is 23.8. The summed E-state index contributed by atoms with van der Waals surface area (Å²) in [7, 11) is 5.84. The number of hydrogen-bond acceptors (Lipinski definition) is 2. The molecule has 1 aliphatic rings. The first-order valence-electron chi connectivity index (χ1n) is 19.9. The Hall–Kier alpha value is -5.04. The second-order valence-electron chi connectivity index (χ2n) is 14.7. The van der Waals surface area contributed by atoms with E-state index in [9.17, 15) is 0 Å². The third-order valence-corrected chi connectivity index (χ3v) is 15.0. The van der Waals surface area contributed by atoms with Gasteiger partial charge in [0.2, 0.25) is 0 Å². The van der Waals surface area contributed by atoms with Gasteiger partial charge in [0, 0.05) is 23.9 Å². The van der Waals surface area contributed by atoms with E-state index < -0.39 is 15.8 Å². The summed E-state index contributed by atoms with van der Waals surface area (Å²) in [4.78, 5) is 11.9.